The third kappa shape index (κ3) is 12.9. The molecule has 4 aliphatic heterocycles. The maximum atomic E-state index is 16.0. The quantitative estimate of drug-likeness (QED) is 0.0350. The summed E-state index contributed by atoms with van der Waals surface area (Å²) in [5.74, 6) is 2.16. The highest BCUT2D eigenvalue weighted by Gasteiger charge is 2.59. The monoisotopic (exact) mass is 1740 g/mol. The molecule has 4 heterocycles. The first-order valence-corrected chi connectivity index (χ1v) is 47.3. The summed E-state index contributed by atoms with van der Waals surface area (Å²) in [6.07, 6.45) is 0. The molecule has 4 aliphatic rings. The molecule has 0 amide bonds. The summed E-state index contributed by atoms with van der Waals surface area (Å²) in [6.45, 7) is 9.19. The Hall–Kier alpha value is -14.2. The minimum Gasteiger partial charge on any atom is -0.508 e. The predicted molar refractivity (Wildman–Crippen MR) is 493 cm³/mol. The van der Waals surface area contributed by atoms with Crippen molar-refractivity contribution >= 4 is 50.7 Å². The lowest BCUT2D eigenvalue weighted by atomic mass is 9.90. The van der Waals surface area contributed by atoms with Gasteiger partial charge >= 0.3 is 0 Å². The standard InChI is InChI=1S/C53H42O8P2.C52H40O9P2/c1-34-20-30-44(46(55)32-34)52(2,62(57)50-18-10-6-14-42(50)40-12-4-8-16-48(40)60-62)35-21-26-38(27-22-35)59-39-28-23-36(24-29-39)53(3,45-31-25-37(54)33-47(45)56)63(58)51-19-11-7-15-43(51)41-13-5-9-17-49(41)61-63;1-51(35-23-29-43(53)45(55)31-35,62(57)49-17-9-5-13-41(49)39-11-3-7-15-47(39)60-62)33-19-25-37(26-20-33)59-38-27-21-34(22-28-38)52(2,36-24-30-44(54)46(56)32-36)63(58)50-18-10-6-14-42(50)40-12-4-8-16-48(40)61-63/h4-33,54-56H,1-3H3;3-32,53-56H,1-2H3. The molecule has 16 aromatic rings. The molecular weight excluding hydrogens is 1660 g/mol. The number of phenolic OH excluding ortho intramolecular Hbond substituents is 7. The normalized spacial score (nSPS) is 19.0. The van der Waals surface area contributed by atoms with Crippen LogP contribution in [0.2, 0.25) is 0 Å². The Morgan fingerprint density at radius 3 is 0.762 bits per heavy atom. The zero-order valence-corrected chi connectivity index (χ0v) is 72.2. The summed E-state index contributed by atoms with van der Waals surface area (Å²) in [7, 11) is -15.7. The van der Waals surface area contributed by atoms with Gasteiger partial charge < -0.3 is 63.3 Å². The number of fused-ring (bicyclic) bond motifs is 12. The van der Waals surface area contributed by atoms with E-state index in [0.717, 1.165) is 50.1 Å². The zero-order valence-electron chi connectivity index (χ0n) is 68.6. The second-order valence-electron chi connectivity index (χ2n) is 32.3. The van der Waals surface area contributed by atoms with E-state index in [1.165, 1.54) is 36.4 Å². The van der Waals surface area contributed by atoms with E-state index in [0.29, 0.717) is 112 Å². The summed E-state index contributed by atoms with van der Waals surface area (Å²) in [5.41, 5.74) is 11.5. The first kappa shape index (κ1) is 81.5. The lowest BCUT2D eigenvalue weighted by Gasteiger charge is -2.41. The van der Waals surface area contributed by atoms with Crippen molar-refractivity contribution in [3.05, 3.63) is 414 Å². The lowest BCUT2D eigenvalue weighted by Crippen LogP contribution is -2.34. The number of benzene rings is 16. The minimum absolute atomic E-state index is 0.00864. The highest BCUT2D eigenvalue weighted by molar-refractivity contribution is 7.70. The van der Waals surface area contributed by atoms with Crippen molar-refractivity contribution in [2.24, 2.45) is 0 Å². The smallest absolute Gasteiger partial charge is 0.292 e. The van der Waals surface area contributed by atoms with E-state index in [1.807, 2.05) is 252 Å². The Morgan fingerprint density at radius 2 is 0.476 bits per heavy atom. The summed E-state index contributed by atoms with van der Waals surface area (Å²) in [4.78, 5) is 0. The van der Waals surface area contributed by atoms with Crippen molar-refractivity contribution in [2.45, 2.75) is 55.2 Å². The van der Waals surface area contributed by atoms with Gasteiger partial charge in [-0.3, -0.25) is 18.3 Å². The molecular formula is C105H82O17P4. The van der Waals surface area contributed by atoms with Crippen molar-refractivity contribution in [2.75, 3.05) is 0 Å². The van der Waals surface area contributed by atoms with Gasteiger partial charge in [0, 0.05) is 39.4 Å². The van der Waals surface area contributed by atoms with Crippen LogP contribution in [-0.4, -0.2) is 35.7 Å². The van der Waals surface area contributed by atoms with Crippen LogP contribution in [0.25, 0.3) is 44.5 Å². The molecule has 21 heteroatoms. The largest absolute Gasteiger partial charge is 0.508 e. The molecule has 126 heavy (non-hydrogen) atoms. The molecule has 0 fully saturated rings. The molecule has 7 N–H and O–H groups in total. The average Bonchev–Trinajstić information content (AvgIpc) is 0.717. The highest BCUT2D eigenvalue weighted by Crippen LogP contribution is 2.75. The van der Waals surface area contributed by atoms with Gasteiger partial charge in [-0.05, 0) is 229 Å². The molecule has 0 saturated carbocycles. The molecule has 624 valence electrons. The van der Waals surface area contributed by atoms with Gasteiger partial charge in [-0.25, -0.2) is 0 Å². The SMILES string of the molecule is CC(c1ccc(Oc2ccc(C(C)(c3ccc(O)c(O)c3)P3(=O)Oc4ccccc4-c4ccccc43)cc2)cc1)(c1ccc(O)c(O)c1)P1(=O)Oc2ccccc2-c2ccccc21.Cc1ccc(C(C)(c2ccc(Oc3ccc(C(C)(c4ccc(O)cc4O)P4(=O)Oc5ccccc5-c5ccccc54)cc3)cc2)P2(=O)Oc3ccccc3-c3ccccc32)c(O)c1. The van der Waals surface area contributed by atoms with Crippen LogP contribution < -0.4 is 48.8 Å². The number of phenols is 7. The van der Waals surface area contributed by atoms with Gasteiger partial charge in [0.1, 0.15) is 83.9 Å². The van der Waals surface area contributed by atoms with E-state index in [4.69, 9.17) is 27.6 Å². The zero-order chi connectivity index (χ0) is 87.5. The van der Waals surface area contributed by atoms with Gasteiger partial charge in [-0.2, -0.15) is 0 Å². The molecule has 20 rings (SSSR count). The second kappa shape index (κ2) is 31.0. The maximum absolute atomic E-state index is 16.0. The number of ether oxygens (including phenoxy) is 2. The summed E-state index contributed by atoms with van der Waals surface area (Å²) in [6, 6.07) is 107. The Balaban J connectivity index is 0.000000165. The fraction of sp³-hybridized carbons (Fsp3) is 0.0857. The van der Waals surface area contributed by atoms with E-state index < -0.39 is 50.1 Å². The average molecular weight is 1740 g/mol. The maximum Gasteiger partial charge on any atom is 0.292 e. The first-order valence-electron chi connectivity index (χ1n) is 40.8. The number of hydrogen-bond acceptors (Lipinski definition) is 17. The van der Waals surface area contributed by atoms with Gasteiger partial charge in [0.05, 0.1) is 21.2 Å². The molecule has 0 spiro atoms. The Kier molecular flexibility index (Phi) is 20.0. The molecule has 8 atom stereocenters. The number of aromatic hydroxyl groups is 7. The van der Waals surface area contributed by atoms with Crippen LogP contribution in [-0.2, 0) is 38.9 Å². The minimum atomic E-state index is -3.97. The van der Waals surface area contributed by atoms with Crippen LogP contribution in [0.3, 0.4) is 0 Å². The fourth-order valence-corrected chi connectivity index (χ4v) is 30.2. The number of rotatable bonds is 16. The number of para-hydroxylation sites is 4. The molecule has 16 aromatic carbocycles. The van der Waals surface area contributed by atoms with Gasteiger partial charge in [0.15, 0.2) is 23.0 Å². The number of aryl methyl sites for hydroxylation is 1. The molecule has 0 bridgehead atoms. The first-order chi connectivity index (χ1) is 60.7. The lowest BCUT2D eigenvalue weighted by molar-refractivity contribution is 0.402. The van der Waals surface area contributed by atoms with E-state index in [-0.39, 0.29) is 40.2 Å². The van der Waals surface area contributed by atoms with Crippen LogP contribution >= 0.6 is 29.5 Å². The summed E-state index contributed by atoms with van der Waals surface area (Å²) in [5, 5.41) is 71.9. The van der Waals surface area contributed by atoms with Crippen LogP contribution in [0.15, 0.2) is 364 Å². The Bertz CT molecular complexity index is 6830. The van der Waals surface area contributed by atoms with Crippen LogP contribution in [0, 0.1) is 6.92 Å². The van der Waals surface area contributed by atoms with Gasteiger partial charge in [0.2, 0.25) is 0 Å². The Labute approximate surface area is 727 Å². The van der Waals surface area contributed by atoms with E-state index in [9.17, 15) is 35.7 Å². The molecule has 8 unspecified atom stereocenters. The molecule has 0 aromatic heterocycles. The second-order valence-corrected chi connectivity index (χ2v) is 43.0. The molecule has 17 nitrogen and oxygen atoms in total. The Morgan fingerprint density at radius 1 is 0.230 bits per heavy atom. The summed E-state index contributed by atoms with van der Waals surface area (Å²) < 4.78 is 103. The topological polar surface area (TPSA) is 265 Å². The molecule has 0 aliphatic carbocycles. The van der Waals surface area contributed by atoms with Crippen molar-refractivity contribution in [3.8, 4) is 131 Å². The highest BCUT2D eigenvalue weighted by atomic mass is 31.2. The molecule has 0 saturated heterocycles. The van der Waals surface area contributed by atoms with Crippen molar-refractivity contribution in [3.63, 3.8) is 0 Å². The van der Waals surface area contributed by atoms with Gasteiger partial charge in [-0.1, -0.05) is 224 Å². The molecule has 0 radical (unpaired) electrons. The van der Waals surface area contributed by atoms with Gasteiger partial charge in [-0.15, -0.1) is 0 Å². The van der Waals surface area contributed by atoms with Crippen LogP contribution in [0.5, 0.6) is 86.2 Å². The van der Waals surface area contributed by atoms with Gasteiger partial charge in [0.25, 0.3) is 29.5 Å². The number of hydrogen-bond donors (Lipinski definition) is 7. The van der Waals surface area contributed by atoms with E-state index >= 15 is 18.3 Å². The van der Waals surface area contributed by atoms with Crippen molar-refractivity contribution in [1.82, 2.24) is 0 Å². The predicted octanol–water partition coefficient (Wildman–Crippen LogP) is 24.9. The van der Waals surface area contributed by atoms with Crippen molar-refractivity contribution in [1.29, 1.82) is 0 Å². The van der Waals surface area contributed by atoms with Crippen LogP contribution in [0.1, 0.15) is 77.8 Å². The third-order valence-electron chi connectivity index (χ3n) is 25.3. The van der Waals surface area contributed by atoms with E-state index in [1.54, 1.807) is 110 Å². The van der Waals surface area contributed by atoms with Crippen molar-refractivity contribution < 1.29 is 81.6 Å². The fourth-order valence-electron chi connectivity index (χ4n) is 18.3. The van der Waals surface area contributed by atoms with E-state index in [2.05, 4.69) is 0 Å². The van der Waals surface area contributed by atoms with Crippen LogP contribution in [0.4, 0.5) is 0 Å². The summed E-state index contributed by atoms with van der Waals surface area (Å²) >= 11 is 0. The third-order valence-corrected chi connectivity index (χ3v) is 37.9.